The van der Waals surface area contributed by atoms with Crippen LogP contribution in [0.15, 0.2) is 36.5 Å². The predicted molar refractivity (Wildman–Crippen MR) is 78.7 cm³/mol. The second kappa shape index (κ2) is 5.83. The third-order valence-electron chi connectivity index (χ3n) is 3.28. The maximum atomic E-state index is 12.2. The lowest BCUT2D eigenvalue weighted by molar-refractivity contribution is 0.104. The highest BCUT2D eigenvalue weighted by Gasteiger charge is 2.13. The Balaban J connectivity index is 1.79. The van der Waals surface area contributed by atoms with E-state index in [1.807, 2.05) is 17.7 Å². The van der Waals surface area contributed by atoms with Crippen molar-refractivity contribution in [2.75, 3.05) is 13.2 Å². The Morgan fingerprint density at radius 1 is 1.29 bits per heavy atom. The molecule has 0 amide bonds. The Bertz CT molecular complexity index is 689. The average molecular weight is 284 g/mol. The molecule has 0 radical (unpaired) electrons. The van der Waals surface area contributed by atoms with Crippen molar-refractivity contribution in [3.8, 4) is 11.5 Å². The first-order valence-corrected chi connectivity index (χ1v) is 6.92. The largest absolute Gasteiger partial charge is 0.486 e. The molecular formula is C16H16N2O3. The van der Waals surface area contributed by atoms with E-state index in [0.29, 0.717) is 30.3 Å². The average Bonchev–Trinajstić information content (AvgIpc) is 2.99. The van der Waals surface area contributed by atoms with E-state index in [1.54, 1.807) is 36.5 Å². The van der Waals surface area contributed by atoms with E-state index in [1.165, 1.54) is 0 Å². The molecule has 108 valence electrons. The second-order valence-electron chi connectivity index (χ2n) is 4.63. The van der Waals surface area contributed by atoms with Crippen molar-refractivity contribution < 1.29 is 14.3 Å². The van der Waals surface area contributed by atoms with Gasteiger partial charge in [0.15, 0.2) is 17.3 Å². The van der Waals surface area contributed by atoms with Crippen molar-refractivity contribution in [3.63, 3.8) is 0 Å². The van der Waals surface area contributed by atoms with Crippen molar-refractivity contribution in [2.24, 2.45) is 0 Å². The van der Waals surface area contributed by atoms with Crippen molar-refractivity contribution in [1.82, 2.24) is 9.78 Å². The Morgan fingerprint density at radius 3 is 2.90 bits per heavy atom. The fraction of sp³-hybridized carbons (Fsp3) is 0.250. The summed E-state index contributed by atoms with van der Waals surface area (Å²) in [4.78, 5) is 12.2. The second-order valence-corrected chi connectivity index (χ2v) is 4.63. The SMILES string of the molecule is CCn1nccc1/C=C/C(=O)c1ccc2c(c1)OCCO2. The Kier molecular flexibility index (Phi) is 3.73. The van der Waals surface area contributed by atoms with E-state index in [-0.39, 0.29) is 5.78 Å². The van der Waals surface area contributed by atoms with Crippen LogP contribution in [0.1, 0.15) is 23.0 Å². The Hall–Kier alpha value is -2.56. The molecule has 0 unspecified atom stereocenters. The van der Waals surface area contributed by atoms with Crippen LogP contribution in [0, 0.1) is 0 Å². The molecule has 0 aliphatic carbocycles. The number of rotatable bonds is 4. The number of aromatic nitrogens is 2. The molecular weight excluding hydrogens is 268 g/mol. The minimum Gasteiger partial charge on any atom is -0.486 e. The highest BCUT2D eigenvalue weighted by atomic mass is 16.6. The first-order valence-electron chi connectivity index (χ1n) is 6.92. The van der Waals surface area contributed by atoms with Gasteiger partial charge in [0.05, 0.1) is 5.69 Å². The molecule has 0 fully saturated rings. The van der Waals surface area contributed by atoms with Crippen LogP contribution < -0.4 is 9.47 Å². The zero-order chi connectivity index (χ0) is 14.7. The predicted octanol–water partition coefficient (Wildman–Crippen LogP) is 2.57. The molecule has 1 aliphatic heterocycles. The summed E-state index contributed by atoms with van der Waals surface area (Å²) in [5.41, 5.74) is 1.49. The van der Waals surface area contributed by atoms with Crippen LogP contribution in [-0.2, 0) is 6.54 Å². The topological polar surface area (TPSA) is 53.4 Å². The lowest BCUT2D eigenvalue weighted by Crippen LogP contribution is -2.15. The molecule has 0 atom stereocenters. The van der Waals surface area contributed by atoms with Crippen LogP contribution >= 0.6 is 0 Å². The van der Waals surface area contributed by atoms with Gasteiger partial charge in [-0.25, -0.2) is 0 Å². The monoisotopic (exact) mass is 284 g/mol. The molecule has 0 spiro atoms. The normalized spacial score (nSPS) is 13.6. The van der Waals surface area contributed by atoms with Gasteiger partial charge in [0.2, 0.25) is 0 Å². The number of ketones is 1. The molecule has 1 aromatic heterocycles. The first kappa shape index (κ1) is 13.4. The summed E-state index contributed by atoms with van der Waals surface area (Å²) >= 11 is 0. The zero-order valence-electron chi connectivity index (χ0n) is 11.8. The molecule has 1 aliphatic rings. The van der Waals surface area contributed by atoms with Gasteiger partial charge < -0.3 is 9.47 Å². The number of hydrogen-bond donors (Lipinski definition) is 0. The van der Waals surface area contributed by atoms with Crippen molar-refractivity contribution in [3.05, 3.63) is 47.8 Å². The number of benzene rings is 1. The molecule has 2 heterocycles. The number of allylic oxidation sites excluding steroid dienone is 1. The van der Waals surface area contributed by atoms with E-state index >= 15 is 0 Å². The van der Waals surface area contributed by atoms with E-state index < -0.39 is 0 Å². The zero-order valence-corrected chi connectivity index (χ0v) is 11.8. The van der Waals surface area contributed by atoms with E-state index in [0.717, 1.165) is 12.2 Å². The number of nitrogens with zero attached hydrogens (tertiary/aromatic N) is 2. The smallest absolute Gasteiger partial charge is 0.186 e. The third-order valence-corrected chi connectivity index (χ3v) is 3.28. The molecule has 21 heavy (non-hydrogen) atoms. The maximum Gasteiger partial charge on any atom is 0.186 e. The minimum atomic E-state index is -0.0733. The maximum absolute atomic E-state index is 12.2. The molecule has 0 bridgehead atoms. The van der Waals surface area contributed by atoms with Gasteiger partial charge in [-0.3, -0.25) is 9.48 Å². The highest BCUT2D eigenvalue weighted by Crippen LogP contribution is 2.30. The Morgan fingerprint density at radius 2 is 2.10 bits per heavy atom. The van der Waals surface area contributed by atoms with Gasteiger partial charge in [-0.2, -0.15) is 5.10 Å². The summed E-state index contributed by atoms with van der Waals surface area (Å²) in [6.07, 6.45) is 5.04. The first-order chi connectivity index (χ1) is 10.3. The van der Waals surface area contributed by atoms with Crippen LogP contribution in [0.3, 0.4) is 0 Å². The van der Waals surface area contributed by atoms with E-state index in [4.69, 9.17) is 9.47 Å². The third kappa shape index (κ3) is 2.81. The van der Waals surface area contributed by atoms with Gasteiger partial charge in [0, 0.05) is 18.3 Å². The van der Waals surface area contributed by atoms with E-state index in [2.05, 4.69) is 5.10 Å². The molecule has 1 aromatic carbocycles. The molecule has 2 aromatic rings. The lowest BCUT2D eigenvalue weighted by Gasteiger charge is -2.18. The molecule has 3 rings (SSSR count). The lowest BCUT2D eigenvalue weighted by atomic mass is 10.1. The number of carbonyl (C=O) groups is 1. The molecule has 0 N–H and O–H groups in total. The summed E-state index contributed by atoms with van der Waals surface area (Å²) < 4.78 is 12.8. The van der Waals surface area contributed by atoms with Gasteiger partial charge in [-0.15, -0.1) is 0 Å². The standard InChI is InChI=1S/C16H16N2O3/c1-2-18-13(7-8-17-18)4-5-14(19)12-3-6-15-16(11-12)21-10-9-20-15/h3-8,11H,2,9-10H2,1H3/b5-4+. The quantitative estimate of drug-likeness (QED) is 0.639. The number of carbonyl (C=O) groups excluding carboxylic acids is 1. The van der Waals surface area contributed by atoms with Crippen molar-refractivity contribution >= 4 is 11.9 Å². The Labute approximate surface area is 122 Å². The highest BCUT2D eigenvalue weighted by molar-refractivity contribution is 6.07. The molecule has 0 saturated carbocycles. The number of hydrogen-bond acceptors (Lipinski definition) is 4. The summed E-state index contributed by atoms with van der Waals surface area (Å²) in [5.74, 6) is 1.24. The van der Waals surface area contributed by atoms with Gasteiger partial charge in [0.1, 0.15) is 13.2 Å². The van der Waals surface area contributed by atoms with Crippen LogP contribution in [0.5, 0.6) is 11.5 Å². The van der Waals surface area contributed by atoms with Gasteiger partial charge in [0.25, 0.3) is 0 Å². The minimum absolute atomic E-state index is 0.0733. The van der Waals surface area contributed by atoms with Gasteiger partial charge in [-0.1, -0.05) is 0 Å². The van der Waals surface area contributed by atoms with Gasteiger partial charge in [-0.05, 0) is 43.3 Å². The number of aryl methyl sites for hydroxylation is 1. The van der Waals surface area contributed by atoms with Gasteiger partial charge >= 0.3 is 0 Å². The van der Waals surface area contributed by atoms with Crippen LogP contribution in [0.2, 0.25) is 0 Å². The van der Waals surface area contributed by atoms with Crippen LogP contribution in [0.25, 0.3) is 6.08 Å². The fourth-order valence-electron chi connectivity index (χ4n) is 2.20. The summed E-state index contributed by atoms with van der Waals surface area (Å²) in [6.45, 7) is 3.83. The summed E-state index contributed by atoms with van der Waals surface area (Å²) in [5, 5.41) is 4.16. The summed E-state index contributed by atoms with van der Waals surface area (Å²) in [6, 6.07) is 7.11. The summed E-state index contributed by atoms with van der Waals surface area (Å²) in [7, 11) is 0. The van der Waals surface area contributed by atoms with Crippen LogP contribution in [0.4, 0.5) is 0 Å². The van der Waals surface area contributed by atoms with E-state index in [9.17, 15) is 4.79 Å². The molecule has 5 nitrogen and oxygen atoms in total. The van der Waals surface area contributed by atoms with Crippen molar-refractivity contribution in [2.45, 2.75) is 13.5 Å². The number of ether oxygens (including phenoxy) is 2. The fourth-order valence-corrected chi connectivity index (χ4v) is 2.20. The molecule has 5 heteroatoms. The molecule has 0 saturated heterocycles. The number of fused-ring (bicyclic) bond motifs is 1. The van der Waals surface area contributed by atoms with Crippen LogP contribution in [-0.4, -0.2) is 28.8 Å². The van der Waals surface area contributed by atoms with Crippen molar-refractivity contribution in [1.29, 1.82) is 0 Å².